The standard InChI is InChI=1S/C16H21IN2/c1-5-8-18-14-10-15(16(2,3)4)19-13-7-6-11(17)9-12(13)14/h6-7,9-10H,5,8H2,1-4H3,(H,18,19). The number of nitrogens with one attached hydrogen (secondary N) is 1. The van der Waals surface area contributed by atoms with Crippen LogP contribution in [-0.2, 0) is 5.41 Å². The number of aromatic nitrogens is 1. The fourth-order valence-corrected chi connectivity index (χ4v) is 2.48. The Balaban J connectivity index is 2.62. The maximum absolute atomic E-state index is 4.81. The van der Waals surface area contributed by atoms with E-state index in [4.69, 9.17) is 4.98 Å². The van der Waals surface area contributed by atoms with Gasteiger partial charge in [0.1, 0.15) is 0 Å². The molecule has 2 nitrogen and oxygen atoms in total. The summed E-state index contributed by atoms with van der Waals surface area (Å²) in [5.41, 5.74) is 3.49. The Bertz CT molecular complexity index is 585. The summed E-state index contributed by atoms with van der Waals surface area (Å²) in [6.07, 6.45) is 1.12. The summed E-state index contributed by atoms with van der Waals surface area (Å²) < 4.78 is 1.25. The van der Waals surface area contributed by atoms with E-state index in [1.807, 2.05) is 0 Å². The normalized spacial score (nSPS) is 11.8. The van der Waals surface area contributed by atoms with Crippen molar-refractivity contribution in [2.24, 2.45) is 0 Å². The third-order valence-corrected chi connectivity index (χ3v) is 3.78. The van der Waals surface area contributed by atoms with Crippen molar-refractivity contribution in [3.05, 3.63) is 33.5 Å². The van der Waals surface area contributed by atoms with Gasteiger partial charge in [0.15, 0.2) is 0 Å². The van der Waals surface area contributed by atoms with E-state index in [1.54, 1.807) is 0 Å². The van der Waals surface area contributed by atoms with Crippen LogP contribution in [0.5, 0.6) is 0 Å². The lowest BCUT2D eigenvalue weighted by Crippen LogP contribution is -2.14. The topological polar surface area (TPSA) is 24.9 Å². The Hall–Kier alpha value is -0.840. The molecular weight excluding hydrogens is 347 g/mol. The van der Waals surface area contributed by atoms with Gasteiger partial charge in [-0.1, -0.05) is 27.7 Å². The van der Waals surface area contributed by atoms with E-state index in [0.717, 1.165) is 24.2 Å². The lowest BCUT2D eigenvalue weighted by atomic mass is 9.90. The van der Waals surface area contributed by atoms with Crippen LogP contribution in [0.25, 0.3) is 10.9 Å². The predicted molar refractivity (Wildman–Crippen MR) is 91.9 cm³/mol. The monoisotopic (exact) mass is 368 g/mol. The number of pyridine rings is 1. The summed E-state index contributed by atoms with van der Waals surface area (Å²) in [6, 6.07) is 8.64. The van der Waals surface area contributed by atoms with Crippen molar-refractivity contribution in [1.29, 1.82) is 0 Å². The van der Waals surface area contributed by atoms with Crippen molar-refractivity contribution >= 4 is 39.2 Å². The molecule has 19 heavy (non-hydrogen) atoms. The van der Waals surface area contributed by atoms with Crippen LogP contribution < -0.4 is 5.32 Å². The second-order valence-electron chi connectivity index (χ2n) is 5.89. The lowest BCUT2D eigenvalue weighted by Gasteiger charge is -2.20. The molecule has 0 unspecified atom stereocenters. The molecule has 2 aromatic rings. The molecule has 0 amide bonds. The average Bonchev–Trinajstić information content (AvgIpc) is 2.34. The first-order valence-corrected chi connectivity index (χ1v) is 7.84. The summed E-state index contributed by atoms with van der Waals surface area (Å²) >= 11 is 2.35. The van der Waals surface area contributed by atoms with E-state index in [0.29, 0.717) is 0 Å². The van der Waals surface area contributed by atoms with E-state index >= 15 is 0 Å². The van der Waals surface area contributed by atoms with Gasteiger partial charge in [0, 0.05) is 32.3 Å². The highest BCUT2D eigenvalue weighted by molar-refractivity contribution is 14.1. The van der Waals surface area contributed by atoms with Gasteiger partial charge in [0.25, 0.3) is 0 Å². The van der Waals surface area contributed by atoms with Crippen LogP contribution >= 0.6 is 22.6 Å². The highest BCUT2D eigenvalue weighted by atomic mass is 127. The van der Waals surface area contributed by atoms with Crippen LogP contribution in [0.4, 0.5) is 5.69 Å². The van der Waals surface area contributed by atoms with Crippen molar-refractivity contribution in [1.82, 2.24) is 4.98 Å². The molecule has 0 atom stereocenters. The summed E-state index contributed by atoms with van der Waals surface area (Å²) in [6.45, 7) is 9.80. The molecule has 0 saturated heterocycles. The van der Waals surface area contributed by atoms with Gasteiger partial charge in [-0.3, -0.25) is 4.98 Å². The Kier molecular flexibility index (Phi) is 4.33. The highest BCUT2D eigenvalue weighted by Gasteiger charge is 2.17. The maximum atomic E-state index is 4.81. The minimum absolute atomic E-state index is 0.0693. The summed E-state index contributed by atoms with van der Waals surface area (Å²) in [4.78, 5) is 4.81. The Labute approximate surface area is 129 Å². The molecule has 0 spiro atoms. The molecule has 3 heteroatoms. The minimum atomic E-state index is 0.0693. The molecule has 1 heterocycles. The fourth-order valence-electron chi connectivity index (χ4n) is 1.99. The predicted octanol–water partition coefficient (Wildman–Crippen LogP) is 4.96. The average molecular weight is 368 g/mol. The zero-order chi connectivity index (χ0) is 14.0. The third-order valence-electron chi connectivity index (χ3n) is 3.10. The van der Waals surface area contributed by atoms with Crippen LogP contribution in [0, 0.1) is 3.57 Å². The van der Waals surface area contributed by atoms with Crippen LogP contribution in [0.2, 0.25) is 0 Å². The number of benzene rings is 1. The van der Waals surface area contributed by atoms with Gasteiger partial charge in [-0.15, -0.1) is 0 Å². The van der Waals surface area contributed by atoms with E-state index in [1.165, 1.54) is 14.6 Å². The van der Waals surface area contributed by atoms with Gasteiger partial charge in [-0.25, -0.2) is 0 Å². The number of halogens is 1. The smallest absolute Gasteiger partial charge is 0.0727 e. The molecule has 2 rings (SSSR count). The van der Waals surface area contributed by atoms with Crippen molar-refractivity contribution in [2.75, 3.05) is 11.9 Å². The molecule has 1 aromatic carbocycles. The molecule has 0 radical (unpaired) electrons. The van der Waals surface area contributed by atoms with E-state index in [2.05, 4.69) is 79.9 Å². The summed E-state index contributed by atoms with van der Waals surface area (Å²) in [7, 11) is 0. The molecule has 102 valence electrons. The number of anilines is 1. The van der Waals surface area contributed by atoms with Crippen molar-refractivity contribution < 1.29 is 0 Å². The Morgan fingerprint density at radius 2 is 1.95 bits per heavy atom. The molecule has 1 N–H and O–H groups in total. The summed E-state index contributed by atoms with van der Waals surface area (Å²) in [5, 5.41) is 4.75. The first-order chi connectivity index (χ1) is 8.91. The molecule has 0 bridgehead atoms. The van der Waals surface area contributed by atoms with E-state index in [9.17, 15) is 0 Å². The molecule has 0 aliphatic rings. The van der Waals surface area contributed by atoms with Crippen molar-refractivity contribution in [3.8, 4) is 0 Å². The van der Waals surface area contributed by atoms with Gasteiger partial charge in [-0.2, -0.15) is 0 Å². The zero-order valence-corrected chi connectivity index (χ0v) is 14.2. The van der Waals surface area contributed by atoms with Gasteiger partial charge in [0.05, 0.1) is 5.52 Å². The van der Waals surface area contributed by atoms with Crippen molar-refractivity contribution in [3.63, 3.8) is 0 Å². The van der Waals surface area contributed by atoms with Crippen LogP contribution in [0.15, 0.2) is 24.3 Å². The van der Waals surface area contributed by atoms with E-state index in [-0.39, 0.29) is 5.41 Å². The lowest BCUT2D eigenvalue weighted by molar-refractivity contribution is 0.572. The largest absolute Gasteiger partial charge is 0.384 e. The second kappa shape index (κ2) is 5.65. The number of fused-ring (bicyclic) bond motifs is 1. The van der Waals surface area contributed by atoms with E-state index < -0.39 is 0 Å². The molecule has 0 fully saturated rings. The Morgan fingerprint density at radius 1 is 1.21 bits per heavy atom. The van der Waals surface area contributed by atoms with Crippen LogP contribution in [-0.4, -0.2) is 11.5 Å². The first kappa shape index (κ1) is 14.6. The number of hydrogen-bond donors (Lipinski definition) is 1. The van der Waals surface area contributed by atoms with Gasteiger partial charge in [-0.05, 0) is 53.3 Å². The second-order valence-corrected chi connectivity index (χ2v) is 7.14. The quantitative estimate of drug-likeness (QED) is 0.775. The minimum Gasteiger partial charge on any atom is -0.384 e. The van der Waals surface area contributed by atoms with Crippen LogP contribution in [0.3, 0.4) is 0 Å². The third kappa shape index (κ3) is 3.38. The highest BCUT2D eigenvalue weighted by Crippen LogP contribution is 2.30. The maximum Gasteiger partial charge on any atom is 0.0727 e. The fraction of sp³-hybridized carbons (Fsp3) is 0.438. The number of hydrogen-bond acceptors (Lipinski definition) is 2. The zero-order valence-electron chi connectivity index (χ0n) is 12.0. The molecular formula is C16H21IN2. The molecule has 0 aliphatic carbocycles. The molecule has 0 aliphatic heterocycles. The summed E-state index contributed by atoms with van der Waals surface area (Å²) in [5.74, 6) is 0. The van der Waals surface area contributed by atoms with Crippen LogP contribution in [0.1, 0.15) is 39.8 Å². The SMILES string of the molecule is CCCNc1cc(C(C)(C)C)nc2ccc(I)cc12. The number of rotatable bonds is 3. The molecule has 1 aromatic heterocycles. The Morgan fingerprint density at radius 3 is 2.58 bits per heavy atom. The van der Waals surface area contributed by atoms with Gasteiger partial charge in [0.2, 0.25) is 0 Å². The first-order valence-electron chi connectivity index (χ1n) is 6.76. The molecule has 0 saturated carbocycles. The van der Waals surface area contributed by atoms with Gasteiger partial charge < -0.3 is 5.32 Å². The number of nitrogens with zero attached hydrogens (tertiary/aromatic N) is 1. The van der Waals surface area contributed by atoms with Gasteiger partial charge >= 0.3 is 0 Å². The van der Waals surface area contributed by atoms with Crippen molar-refractivity contribution in [2.45, 2.75) is 39.5 Å².